The summed E-state index contributed by atoms with van der Waals surface area (Å²) < 4.78 is 4.95. The monoisotopic (exact) mass is 376 g/mol. The number of rotatable bonds is 5. The van der Waals surface area contributed by atoms with Crippen LogP contribution in [0.4, 0.5) is 16.2 Å². The van der Waals surface area contributed by atoms with Gasteiger partial charge in [0.1, 0.15) is 0 Å². The van der Waals surface area contributed by atoms with Crippen LogP contribution in [0.1, 0.15) is 20.8 Å². The van der Waals surface area contributed by atoms with Gasteiger partial charge in [0.2, 0.25) is 0 Å². The van der Waals surface area contributed by atoms with E-state index < -0.39 is 11.8 Å². The van der Waals surface area contributed by atoms with Crippen molar-refractivity contribution >= 4 is 29.3 Å². The number of ether oxygens (including phenoxy) is 1. The zero-order valence-corrected chi connectivity index (χ0v) is 16.2. The zero-order valence-electron chi connectivity index (χ0n) is 16.2. The van der Waals surface area contributed by atoms with Crippen molar-refractivity contribution in [3.05, 3.63) is 24.3 Å². The first-order valence-electron chi connectivity index (χ1n) is 9.37. The third kappa shape index (κ3) is 5.35. The van der Waals surface area contributed by atoms with E-state index in [2.05, 4.69) is 24.1 Å². The molecule has 1 aliphatic heterocycles. The second kappa shape index (κ2) is 9.80. The van der Waals surface area contributed by atoms with Crippen LogP contribution in [0.2, 0.25) is 0 Å². The average molecular weight is 376 g/mol. The summed E-state index contributed by atoms with van der Waals surface area (Å²) >= 11 is 0. The number of hydrogen-bond acceptors (Lipinski definition) is 5. The average Bonchev–Trinajstić information content (AvgIpc) is 2.70. The molecule has 0 bridgehead atoms. The maximum atomic E-state index is 12.3. The molecule has 1 aromatic carbocycles. The van der Waals surface area contributed by atoms with E-state index in [1.807, 2.05) is 12.1 Å². The smallest absolute Gasteiger partial charge is 0.409 e. The molecule has 1 aromatic rings. The fourth-order valence-electron chi connectivity index (χ4n) is 2.98. The number of carbonyl (C=O) groups excluding carboxylic acids is 3. The molecular weight excluding hydrogens is 348 g/mol. The first-order valence-corrected chi connectivity index (χ1v) is 9.37. The lowest BCUT2D eigenvalue weighted by Gasteiger charge is -2.33. The first-order chi connectivity index (χ1) is 13.0. The van der Waals surface area contributed by atoms with Crippen molar-refractivity contribution in [1.29, 1.82) is 0 Å². The standard InChI is InChI=1S/C19H28N4O4/c1-4-21(5-2)16-9-7-15(8-10-16)20-17(24)18(25)22-11-13-23(14-12-22)19(26)27-6-3/h7-10H,4-6,11-14H2,1-3H3,(H,20,24). The van der Waals surface area contributed by atoms with Crippen LogP contribution in [0.25, 0.3) is 0 Å². The minimum absolute atomic E-state index is 0.311. The molecule has 0 unspecified atom stereocenters. The third-order valence-corrected chi connectivity index (χ3v) is 4.54. The summed E-state index contributed by atoms with van der Waals surface area (Å²) in [7, 11) is 0. The van der Waals surface area contributed by atoms with Gasteiger partial charge in [-0.2, -0.15) is 0 Å². The molecule has 1 saturated heterocycles. The van der Waals surface area contributed by atoms with Crippen molar-refractivity contribution < 1.29 is 19.1 Å². The van der Waals surface area contributed by atoms with E-state index in [1.165, 1.54) is 9.80 Å². The highest BCUT2D eigenvalue weighted by Gasteiger charge is 2.28. The van der Waals surface area contributed by atoms with Crippen molar-refractivity contribution in [1.82, 2.24) is 9.80 Å². The summed E-state index contributed by atoms with van der Waals surface area (Å²) in [6, 6.07) is 7.42. The molecule has 148 valence electrons. The molecule has 1 N–H and O–H groups in total. The largest absolute Gasteiger partial charge is 0.450 e. The van der Waals surface area contributed by atoms with Crippen molar-refractivity contribution in [3.8, 4) is 0 Å². The van der Waals surface area contributed by atoms with Crippen molar-refractivity contribution in [2.24, 2.45) is 0 Å². The lowest BCUT2D eigenvalue weighted by molar-refractivity contribution is -0.144. The molecule has 8 heteroatoms. The third-order valence-electron chi connectivity index (χ3n) is 4.54. The molecular formula is C19H28N4O4. The van der Waals surface area contributed by atoms with Gasteiger partial charge in [0.25, 0.3) is 0 Å². The van der Waals surface area contributed by atoms with Crippen LogP contribution < -0.4 is 10.2 Å². The fraction of sp³-hybridized carbons (Fsp3) is 0.526. The Morgan fingerprint density at radius 3 is 2.04 bits per heavy atom. The summed E-state index contributed by atoms with van der Waals surface area (Å²) in [6.45, 7) is 9.37. The number of nitrogens with zero attached hydrogens (tertiary/aromatic N) is 3. The molecule has 1 fully saturated rings. The number of carbonyl (C=O) groups is 3. The van der Waals surface area contributed by atoms with Gasteiger partial charge in [-0.1, -0.05) is 0 Å². The van der Waals surface area contributed by atoms with Gasteiger partial charge in [0.15, 0.2) is 0 Å². The molecule has 0 atom stereocenters. The highest BCUT2D eigenvalue weighted by Crippen LogP contribution is 2.18. The number of nitrogens with one attached hydrogen (secondary N) is 1. The second-order valence-corrected chi connectivity index (χ2v) is 6.15. The quantitative estimate of drug-likeness (QED) is 0.792. The predicted molar refractivity (Wildman–Crippen MR) is 104 cm³/mol. The maximum Gasteiger partial charge on any atom is 0.409 e. The lowest BCUT2D eigenvalue weighted by atomic mass is 10.2. The van der Waals surface area contributed by atoms with Gasteiger partial charge in [-0.25, -0.2) is 4.79 Å². The Morgan fingerprint density at radius 2 is 1.52 bits per heavy atom. The second-order valence-electron chi connectivity index (χ2n) is 6.15. The van der Waals surface area contributed by atoms with Gasteiger partial charge in [-0.3, -0.25) is 9.59 Å². The molecule has 27 heavy (non-hydrogen) atoms. The summed E-state index contributed by atoms with van der Waals surface area (Å²) in [5.41, 5.74) is 1.65. The SMILES string of the molecule is CCOC(=O)N1CCN(C(=O)C(=O)Nc2ccc(N(CC)CC)cc2)CC1. The summed E-state index contributed by atoms with van der Waals surface area (Å²) in [4.78, 5) is 41.5. The fourth-order valence-corrected chi connectivity index (χ4v) is 2.98. The van der Waals surface area contributed by atoms with Crippen molar-refractivity contribution in [2.45, 2.75) is 20.8 Å². The van der Waals surface area contributed by atoms with E-state index in [1.54, 1.807) is 19.1 Å². The number of anilines is 2. The zero-order chi connectivity index (χ0) is 19.8. The molecule has 0 aliphatic carbocycles. The van der Waals surface area contributed by atoms with E-state index in [0.717, 1.165) is 18.8 Å². The van der Waals surface area contributed by atoms with Gasteiger partial charge < -0.3 is 24.8 Å². The summed E-state index contributed by atoms with van der Waals surface area (Å²) in [6.07, 6.45) is -0.387. The Labute approximate surface area is 160 Å². The van der Waals surface area contributed by atoms with Crippen LogP contribution in [-0.4, -0.2) is 73.6 Å². The molecule has 0 radical (unpaired) electrons. The molecule has 0 aromatic heterocycles. The molecule has 0 spiro atoms. The topological polar surface area (TPSA) is 82.2 Å². The molecule has 8 nitrogen and oxygen atoms in total. The number of amides is 3. The highest BCUT2D eigenvalue weighted by atomic mass is 16.6. The van der Waals surface area contributed by atoms with Crippen LogP contribution in [-0.2, 0) is 14.3 Å². The Morgan fingerprint density at radius 1 is 0.963 bits per heavy atom. The number of benzene rings is 1. The van der Waals surface area contributed by atoms with E-state index >= 15 is 0 Å². The lowest BCUT2D eigenvalue weighted by Crippen LogP contribution is -2.53. The van der Waals surface area contributed by atoms with Gasteiger partial charge in [0.05, 0.1) is 6.61 Å². The van der Waals surface area contributed by atoms with Crippen molar-refractivity contribution in [2.75, 3.05) is 56.1 Å². The van der Waals surface area contributed by atoms with Gasteiger partial charge in [-0.05, 0) is 45.0 Å². The van der Waals surface area contributed by atoms with Gasteiger partial charge in [0, 0.05) is 50.6 Å². The minimum atomic E-state index is -0.671. The first kappa shape index (κ1) is 20.5. The van der Waals surface area contributed by atoms with Gasteiger partial charge >= 0.3 is 17.9 Å². The van der Waals surface area contributed by atoms with E-state index in [9.17, 15) is 14.4 Å². The summed E-state index contributed by atoms with van der Waals surface area (Å²) in [5, 5.41) is 2.64. The van der Waals surface area contributed by atoms with Crippen molar-refractivity contribution in [3.63, 3.8) is 0 Å². The molecule has 2 rings (SSSR count). The van der Waals surface area contributed by atoms with Crippen LogP contribution in [0.15, 0.2) is 24.3 Å². The molecule has 1 heterocycles. The van der Waals surface area contributed by atoms with Crippen LogP contribution >= 0.6 is 0 Å². The summed E-state index contributed by atoms with van der Waals surface area (Å²) in [5.74, 6) is -1.26. The maximum absolute atomic E-state index is 12.3. The molecule has 0 saturated carbocycles. The highest BCUT2D eigenvalue weighted by molar-refractivity contribution is 6.39. The Balaban J connectivity index is 1.87. The minimum Gasteiger partial charge on any atom is -0.450 e. The predicted octanol–water partition coefficient (Wildman–Crippen LogP) is 1.77. The Hall–Kier alpha value is -2.77. The van der Waals surface area contributed by atoms with Crippen LogP contribution in [0, 0.1) is 0 Å². The van der Waals surface area contributed by atoms with Crippen LogP contribution in [0.3, 0.4) is 0 Å². The van der Waals surface area contributed by atoms with E-state index in [4.69, 9.17) is 4.74 Å². The van der Waals surface area contributed by atoms with Gasteiger partial charge in [-0.15, -0.1) is 0 Å². The number of hydrogen-bond donors (Lipinski definition) is 1. The number of piperazine rings is 1. The Kier molecular flexibility index (Phi) is 7.45. The van der Waals surface area contributed by atoms with E-state index in [0.29, 0.717) is 38.5 Å². The Bertz CT molecular complexity index is 650. The normalized spacial score (nSPS) is 13.9. The van der Waals surface area contributed by atoms with E-state index in [-0.39, 0.29) is 6.09 Å². The molecule has 3 amide bonds. The van der Waals surface area contributed by atoms with Crippen LogP contribution in [0.5, 0.6) is 0 Å². The molecule has 1 aliphatic rings.